The molecular weight excluding hydrogens is 330 g/mol. The summed E-state index contributed by atoms with van der Waals surface area (Å²) in [5.41, 5.74) is 3.18. The van der Waals surface area contributed by atoms with E-state index in [1.807, 2.05) is 30.9 Å². The number of amides is 1. The first-order chi connectivity index (χ1) is 12.4. The second-order valence-electron chi connectivity index (χ2n) is 6.97. The third-order valence-electron chi connectivity index (χ3n) is 5.19. The van der Waals surface area contributed by atoms with Crippen LogP contribution in [0.3, 0.4) is 0 Å². The lowest BCUT2D eigenvalue weighted by Gasteiger charge is -2.37. The van der Waals surface area contributed by atoms with Gasteiger partial charge in [-0.2, -0.15) is 0 Å². The summed E-state index contributed by atoms with van der Waals surface area (Å²) in [6, 6.07) is 6.38. The van der Waals surface area contributed by atoms with Crippen LogP contribution in [0.2, 0.25) is 0 Å². The minimum absolute atomic E-state index is 0.0188. The number of rotatable bonds is 8. The minimum Gasteiger partial charge on any atom is -0.480 e. The van der Waals surface area contributed by atoms with Gasteiger partial charge in [0.05, 0.1) is 13.1 Å². The number of carbonyl (C=O) groups excluding carboxylic acids is 1. The van der Waals surface area contributed by atoms with Crippen LogP contribution in [0.25, 0.3) is 0 Å². The molecule has 144 valence electrons. The zero-order valence-electron chi connectivity index (χ0n) is 16.1. The summed E-state index contributed by atoms with van der Waals surface area (Å²) < 4.78 is 0. The smallest absolute Gasteiger partial charge is 0.317 e. The van der Waals surface area contributed by atoms with Crippen molar-refractivity contribution in [2.24, 2.45) is 0 Å². The molecule has 0 atom stereocenters. The fraction of sp³-hybridized carbons (Fsp3) is 0.600. The maximum atomic E-state index is 12.5. The van der Waals surface area contributed by atoms with E-state index in [4.69, 9.17) is 5.11 Å². The molecular formula is C20H31N3O3. The summed E-state index contributed by atoms with van der Waals surface area (Å²) in [4.78, 5) is 27.6. The van der Waals surface area contributed by atoms with E-state index in [1.54, 1.807) is 0 Å². The Balaban J connectivity index is 1.86. The van der Waals surface area contributed by atoms with Gasteiger partial charge in [-0.25, -0.2) is 0 Å². The maximum Gasteiger partial charge on any atom is 0.317 e. The van der Waals surface area contributed by atoms with E-state index < -0.39 is 5.97 Å². The molecule has 0 saturated carbocycles. The summed E-state index contributed by atoms with van der Waals surface area (Å²) in [6.07, 6.45) is 2.69. The molecule has 1 aromatic rings. The molecule has 0 aliphatic carbocycles. The first-order valence-corrected chi connectivity index (χ1v) is 9.51. The fourth-order valence-corrected chi connectivity index (χ4v) is 3.70. The van der Waals surface area contributed by atoms with Gasteiger partial charge < -0.3 is 10.4 Å². The van der Waals surface area contributed by atoms with Crippen molar-refractivity contribution in [3.63, 3.8) is 0 Å². The van der Waals surface area contributed by atoms with Gasteiger partial charge in [-0.15, -0.1) is 0 Å². The van der Waals surface area contributed by atoms with E-state index in [9.17, 15) is 9.59 Å². The Labute approximate surface area is 156 Å². The van der Waals surface area contributed by atoms with Gasteiger partial charge in [-0.1, -0.05) is 32.0 Å². The molecule has 0 bridgehead atoms. The van der Waals surface area contributed by atoms with Crippen molar-refractivity contribution >= 4 is 17.6 Å². The van der Waals surface area contributed by atoms with Crippen molar-refractivity contribution in [1.82, 2.24) is 9.80 Å². The van der Waals surface area contributed by atoms with Crippen molar-refractivity contribution in [3.8, 4) is 0 Å². The average molecular weight is 361 g/mol. The van der Waals surface area contributed by atoms with Gasteiger partial charge in [-0.3, -0.25) is 19.4 Å². The van der Waals surface area contributed by atoms with Crippen molar-refractivity contribution in [3.05, 3.63) is 29.3 Å². The second kappa shape index (κ2) is 9.69. The highest BCUT2D eigenvalue weighted by atomic mass is 16.4. The Morgan fingerprint density at radius 1 is 1.27 bits per heavy atom. The third-order valence-corrected chi connectivity index (χ3v) is 5.19. The number of para-hydroxylation sites is 1. The Bertz CT molecular complexity index is 625. The molecule has 6 nitrogen and oxygen atoms in total. The highest BCUT2D eigenvalue weighted by Gasteiger charge is 2.26. The molecule has 0 aromatic heterocycles. The number of aryl methyl sites for hydroxylation is 2. The Morgan fingerprint density at radius 2 is 1.96 bits per heavy atom. The molecule has 2 N–H and O–H groups in total. The molecule has 6 heteroatoms. The first-order valence-electron chi connectivity index (χ1n) is 9.51. The van der Waals surface area contributed by atoms with Crippen LogP contribution in [0.15, 0.2) is 18.2 Å². The zero-order chi connectivity index (χ0) is 19.1. The largest absolute Gasteiger partial charge is 0.480 e. The summed E-state index contributed by atoms with van der Waals surface area (Å²) in [7, 11) is 0. The number of piperidine rings is 1. The van der Waals surface area contributed by atoms with E-state index in [-0.39, 0.29) is 12.5 Å². The highest BCUT2D eigenvalue weighted by molar-refractivity contribution is 5.93. The normalized spacial score (nSPS) is 16.0. The summed E-state index contributed by atoms with van der Waals surface area (Å²) in [5, 5.41) is 12.1. The van der Waals surface area contributed by atoms with Crippen LogP contribution >= 0.6 is 0 Å². The molecule has 1 saturated heterocycles. The predicted octanol–water partition coefficient (Wildman–Crippen LogP) is 2.37. The SMILES string of the molecule is CCc1cccc(C)c1NC(=O)CN1CCC(N(CC)CC(=O)O)CC1. The van der Waals surface area contributed by atoms with Gasteiger partial charge >= 0.3 is 5.97 Å². The molecule has 1 heterocycles. The molecule has 1 fully saturated rings. The number of anilines is 1. The zero-order valence-corrected chi connectivity index (χ0v) is 16.1. The summed E-state index contributed by atoms with van der Waals surface area (Å²) in [6.45, 7) is 8.96. The van der Waals surface area contributed by atoms with Crippen LogP contribution in [-0.4, -0.2) is 65.5 Å². The molecule has 0 spiro atoms. The molecule has 2 rings (SSSR count). The van der Waals surface area contributed by atoms with E-state index in [0.717, 1.165) is 55.7 Å². The average Bonchev–Trinajstić information content (AvgIpc) is 2.62. The van der Waals surface area contributed by atoms with Crippen LogP contribution in [0.4, 0.5) is 5.69 Å². The number of aliphatic carboxylic acids is 1. The van der Waals surface area contributed by atoms with Crippen molar-refractivity contribution < 1.29 is 14.7 Å². The van der Waals surface area contributed by atoms with Crippen LogP contribution < -0.4 is 5.32 Å². The molecule has 0 radical (unpaired) electrons. The second-order valence-corrected chi connectivity index (χ2v) is 6.97. The van der Waals surface area contributed by atoms with Gasteiger partial charge in [0.2, 0.25) is 5.91 Å². The topological polar surface area (TPSA) is 72.9 Å². The third kappa shape index (κ3) is 5.54. The number of carboxylic acids is 1. The van der Waals surface area contributed by atoms with Crippen LogP contribution in [0, 0.1) is 6.92 Å². The lowest BCUT2D eigenvalue weighted by atomic mass is 10.0. The van der Waals surface area contributed by atoms with E-state index >= 15 is 0 Å². The van der Waals surface area contributed by atoms with Crippen molar-refractivity contribution in [1.29, 1.82) is 0 Å². The number of nitrogens with one attached hydrogen (secondary N) is 1. The number of hydrogen-bond donors (Lipinski definition) is 2. The van der Waals surface area contributed by atoms with Gasteiger partial charge in [-0.05, 0) is 43.9 Å². The molecule has 1 amide bonds. The quantitative estimate of drug-likeness (QED) is 0.744. The number of likely N-dealkylation sites (tertiary alicyclic amines) is 1. The van der Waals surface area contributed by atoms with Crippen LogP contribution in [0.1, 0.15) is 37.8 Å². The lowest BCUT2D eigenvalue weighted by molar-refractivity contribution is -0.139. The van der Waals surface area contributed by atoms with E-state index in [0.29, 0.717) is 12.6 Å². The molecule has 26 heavy (non-hydrogen) atoms. The minimum atomic E-state index is -0.779. The molecule has 1 aliphatic rings. The van der Waals surface area contributed by atoms with Gasteiger partial charge in [0.15, 0.2) is 0 Å². The van der Waals surface area contributed by atoms with Gasteiger partial charge in [0.25, 0.3) is 0 Å². The van der Waals surface area contributed by atoms with Crippen molar-refractivity contribution in [2.75, 3.05) is 38.0 Å². The van der Waals surface area contributed by atoms with Gasteiger partial charge in [0, 0.05) is 24.8 Å². The summed E-state index contributed by atoms with van der Waals surface area (Å²) >= 11 is 0. The number of carboxylic acid groups (broad SMARTS) is 1. The number of nitrogens with zero attached hydrogens (tertiary/aromatic N) is 2. The Hall–Kier alpha value is -1.92. The number of carbonyl (C=O) groups is 2. The fourth-order valence-electron chi connectivity index (χ4n) is 3.70. The molecule has 0 unspecified atom stereocenters. The molecule has 1 aromatic carbocycles. The van der Waals surface area contributed by atoms with E-state index in [2.05, 4.69) is 23.2 Å². The first kappa shape index (κ1) is 20.4. The van der Waals surface area contributed by atoms with Crippen molar-refractivity contribution in [2.45, 2.75) is 46.1 Å². The maximum absolute atomic E-state index is 12.5. The Kier molecular flexibility index (Phi) is 7.60. The van der Waals surface area contributed by atoms with Crippen LogP contribution in [0.5, 0.6) is 0 Å². The monoisotopic (exact) mass is 361 g/mol. The number of likely N-dealkylation sites (N-methyl/N-ethyl adjacent to an activating group) is 1. The number of hydrogen-bond acceptors (Lipinski definition) is 4. The van der Waals surface area contributed by atoms with E-state index in [1.165, 1.54) is 0 Å². The molecule has 1 aliphatic heterocycles. The highest BCUT2D eigenvalue weighted by Crippen LogP contribution is 2.21. The predicted molar refractivity (Wildman–Crippen MR) is 104 cm³/mol. The standard InChI is InChI=1S/C20H31N3O3/c1-4-16-8-6-7-15(3)20(16)21-18(24)13-22-11-9-17(10-12-22)23(5-2)14-19(25)26/h6-8,17H,4-5,9-14H2,1-3H3,(H,21,24)(H,25,26). The summed E-state index contributed by atoms with van der Waals surface area (Å²) in [5.74, 6) is -0.760. The van der Waals surface area contributed by atoms with Crippen LogP contribution in [-0.2, 0) is 16.0 Å². The lowest BCUT2D eigenvalue weighted by Crippen LogP contribution is -2.48. The number of benzene rings is 1. The Morgan fingerprint density at radius 3 is 2.54 bits per heavy atom. The van der Waals surface area contributed by atoms with Gasteiger partial charge in [0.1, 0.15) is 0 Å².